The van der Waals surface area contributed by atoms with E-state index in [4.69, 9.17) is 4.74 Å². The van der Waals surface area contributed by atoms with Crippen molar-refractivity contribution in [1.82, 2.24) is 9.80 Å². The fraction of sp³-hybridized carbons (Fsp3) is 0.333. The van der Waals surface area contributed by atoms with Gasteiger partial charge in [0.25, 0.3) is 5.91 Å². The zero-order valence-corrected chi connectivity index (χ0v) is 17.3. The number of piperidine rings is 1. The molecule has 6 heteroatoms. The maximum Gasteiger partial charge on any atom is 0.330 e. The summed E-state index contributed by atoms with van der Waals surface area (Å²) in [5.74, 6) is 0.111. The standard InChI is InChI=1S/C24H26N2O4/c1-25-23(28)20-16-18(9-11-22(27)29-2)8-10-21(20)30-24(25)12-14-26(15-13-24)17-19-6-4-3-5-7-19/h3-11,16H,12-15,17H2,1-2H3/b11-9+. The Balaban J connectivity index is 1.48. The van der Waals surface area contributed by atoms with Crippen molar-refractivity contribution >= 4 is 18.0 Å². The maximum atomic E-state index is 13.1. The van der Waals surface area contributed by atoms with Gasteiger partial charge in [0.2, 0.25) is 0 Å². The molecule has 30 heavy (non-hydrogen) atoms. The summed E-state index contributed by atoms with van der Waals surface area (Å²) < 4.78 is 11.0. The van der Waals surface area contributed by atoms with Crippen LogP contribution >= 0.6 is 0 Å². The van der Waals surface area contributed by atoms with E-state index in [1.165, 1.54) is 18.7 Å². The lowest BCUT2D eigenvalue weighted by molar-refractivity contribution is -0.134. The first-order chi connectivity index (χ1) is 14.5. The van der Waals surface area contributed by atoms with Crippen molar-refractivity contribution in [3.05, 3.63) is 71.3 Å². The van der Waals surface area contributed by atoms with Crippen LogP contribution in [0.1, 0.15) is 34.3 Å². The first-order valence-electron chi connectivity index (χ1n) is 10.1. The minimum atomic E-state index is -0.610. The minimum absolute atomic E-state index is 0.0546. The highest BCUT2D eigenvalue weighted by Crippen LogP contribution is 2.39. The number of hydrogen-bond acceptors (Lipinski definition) is 5. The number of benzene rings is 2. The number of hydrogen-bond donors (Lipinski definition) is 0. The Kier molecular flexibility index (Phi) is 5.59. The predicted octanol–water partition coefficient (Wildman–Crippen LogP) is 3.33. The zero-order valence-electron chi connectivity index (χ0n) is 17.3. The number of carbonyl (C=O) groups is 2. The molecule has 2 heterocycles. The number of rotatable bonds is 4. The molecule has 0 N–H and O–H groups in total. The maximum absolute atomic E-state index is 13.1. The van der Waals surface area contributed by atoms with E-state index in [9.17, 15) is 9.59 Å². The molecule has 1 saturated heterocycles. The number of carbonyl (C=O) groups excluding carboxylic acids is 2. The van der Waals surface area contributed by atoms with Crippen molar-refractivity contribution in [2.75, 3.05) is 27.2 Å². The van der Waals surface area contributed by atoms with Gasteiger partial charge in [-0.1, -0.05) is 36.4 Å². The highest BCUT2D eigenvalue weighted by molar-refractivity contribution is 5.99. The molecule has 0 unspecified atom stereocenters. The summed E-state index contributed by atoms with van der Waals surface area (Å²) in [5, 5.41) is 0. The lowest BCUT2D eigenvalue weighted by Gasteiger charge is -2.49. The number of esters is 1. The van der Waals surface area contributed by atoms with Crippen molar-refractivity contribution in [2.24, 2.45) is 0 Å². The molecule has 2 aliphatic heterocycles. The predicted molar refractivity (Wildman–Crippen MR) is 114 cm³/mol. The smallest absolute Gasteiger partial charge is 0.330 e. The molecule has 0 aliphatic carbocycles. The molecule has 0 aromatic heterocycles. The summed E-state index contributed by atoms with van der Waals surface area (Å²) >= 11 is 0. The lowest BCUT2D eigenvalue weighted by Crippen LogP contribution is -2.61. The second kappa shape index (κ2) is 8.32. The summed E-state index contributed by atoms with van der Waals surface area (Å²) in [6.07, 6.45) is 4.48. The first-order valence-corrected chi connectivity index (χ1v) is 10.1. The number of ether oxygens (including phenoxy) is 2. The van der Waals surface area contributed by atoms with Crippen LogP contribution in [-0.2, 0) is 16.1 Å². The first kappa shape index (κ1) is 20.2. The number of methoxy groups -OCH3 is 1. The Morgan fingerprint density at radius 2 is 1.90 bits per heavy atom. The van der Waals surface area contributed by atoms with Crippen LogP contribution in [0.4, 0.5) is 0 Å². The number of nitrogens with zero attached hydrogens (tertiary/aromatic N) is 2. The molecule has 1 amide bonds. The second-order valence-electron chi connectivity index (χ2n) is 7.79. The Bertz CT molecular complexity index is 962. The third-order valence-corrected chi connectivity index (χ3v) is 5.95. The van der Waals surface area contributed by atoms with E-state index in [0.717, 1.165) is 38.0 Å². The Morgan fingerprint density at radius 3 is 2.60 bits per heavy atom. The van der Waals surface area contributed by atoms with Gasteiger partial charge < -0.3 is 14.4 Å². The molecule has 6 nitrogen and oxygen atoms in total. The van der Waals surface area contributed by atoms with Gasteiger partial charge in [-0.2, -0.15) is 0 Å². The Hall–Kier alpha value is -3.12. The molecular formula is C24H26N2O4. The number of fused-ring (bicyclic) bond motifs is 1. The van der Waals surface area contributed by atoms with Crippen LogP contribution in [0.25, 0.3) is 6.08 Å². The van der Waals surface area contributed by atoms with E-state index in [0.29, 0.717) is 11.3 Å². The molecule has 0 radical (unpaired) electrons. The minimum Gasteiger partial charge on any atom is -0.467 e. The van der Waals surface area contributed by atoms with Gasteiger partial charge in [-0.3, -0.25) is 9.69 Å². The van der Waals surface area contributed by atoms with Gasteiger partial charge in [0.05, 0.1) is 12.7 Å². The van der Waals surface area contributed by atoms with Crippen molar-refractivity contribution in [3.63, 3.8) is 0 Å². The van der Waals surface area contributed by atoms with Crippen LogP contribution in [0.15, 0.2) is 54.6 Å². The van der Waals surface area contributed by atoms with Crippen molar-refractivity contribution in [3.8, 4) is 5.75 Å². The van der Waals surface area contributed by atoms with Gasteiger partial charge in [0.15, 0.2) is 5.72 Å². The molecule has 0 atom stereocenters. The summed E-state index contributed by atoms with van der Waals surface area (Å²) in [6.45, 7) is 2.63. The van der Waals surface area contributed by atoms with E-state index in [1.807, 2.05) is 25.2 Å². The second-order valence-corrected chi connectivity index (χ2v) is 7.79. The average Bonchev–Trinajstić information content (AvgIpc) is 2.78. The number of likely N-dealkylation sites (tertiary alicyclic amines) is 1. The Morgan fingerprint density at radius 1 is 1.17 bits per heavy atom. The van der Waals surface area contributed by atoms with Crippen molar-refractivity contribution in [1.29, 1.82) is 0 Å². The molecule has 2 aliphatic rings. The van der Waals surface area contributed by atoms with Crippen LogP contribution in [0, 0.1) is 0 Å². The van der Waals surface area contributed by atoms with Crippen LogP contribution in [0.3, 0.4) is 0 Å². The Labute approximate surface area is 176 Å². The van der Waals surface area contributed by atoms with Crippen LogP contribution in [0.2, 0.25) is 0 Å². The molecule has 0 saturated carbocycles. The van der Waals surface area contributed by atoms with Gasteiger partial charge in [-0.15, -0.1) is 0 Å². The SMILES string of the molecule is COC(=O)/C=C/c1ccc2c(c1)C(=O)N(C)C1(CCN(Cc3ccccc3)CC1)O2. The van der Waals surface area contributed by atoms with E-state index < -0.39 is 11.7 Å². The molecule has 1 spiro atoms. The normalized spacial score (nSPS) is 18.3. The van der Waals surface area contributed by atoms with Gasteiger partial charge in [-0.05, 0) is 29.3 Å². The topological polar surface area (TPSA) is 59.1 Å². The number of amides is 1. The molecule has 2 aromatic rings. The lowest BCUT2D eigenvalue weighted by atomic mass is 9.94. The van der Waals surface area contributed by atoms with Crippen LogP contribution in [0.5, 0.6) is 5.75 Å². The summed E-state index contributed by atoms with van der Waals surface area (Å²) in [6, 6.07) is 15.8. The molecule has 2 aromatic carbocycles. The fourth-order valence-corrected chi connectivity index (χ4v) is 4.12. The highest BCUT2D eigenvalue weighted by Gasteiger charge is 2.46. The summed E-state index contributed by atoms with van der Waals surface area (Å²) in [4.78, 5) is 28.6. The zero-order chi connectivity index (χ0) is 21.1. The molecule has 4 rings (SSSR count). The largest absolute Gasteiger partial charge is 0.467 e. The third kappa shape index (κ3) is 3.96. The molecule has 0 bridgehead atoms. The van der Waals surface area contributed by atoms with Crippen molar-refractivity contribution in [2.45, 2.75) is 25.1 Å². The third-order valence-electron chi connectivity index (χ3n) is 5.95. The van der Waals surface area contributed by atoms with Crippen LogP contribution < -0.4 is 4.74 Å². The van der Waals surface area contributed by atoms with Gasteiger partial charge >= 0.3 is 5.97 Å². The van der Waals surface area contributed by atoms with E-state index >= 15 is 0 Å². The summed E-state index contributed by atoms with van der Waals surface area (Å²) in [5.41, 5.74) is 1.95. The monoisotopic (exact) mass is 406 g/mol. The van der Waals surface area contributed by atoms with Gasteiger partial charge in [0, 0.05) is 45.6 Å². The quantitative estimate of drug-likeness (QED) is 0.576. The molecule has 156 valence electrons. The van der Waals surface area contributed by atoms with Gasteiger partial charge in [0.1, 0.15) is 5.75 Å². The summed E-state index contributed by atoms with van der Waals surface area (Å²) in [7, 11) is 3.14. The van der Waals surface area contributed by atoms with E-state index in [-0.39, 0.29) is 5.91 Å². The van der Waals surface area contributed by atoms with E-state index in [1.54, 1.807) is 17.0 Å². The van der Waals surface area contributed by atoms with E-state index in [2.05, 4.69) is 33.9 Å². The fourth-order valence-electron chi connectivity index (χ4n) is 4.12. The van der Waals surface area contributed by atoms with Crippen LogP contribution in [-0.4, -0.2) is 54.6 Å². The van der Waals surface area contributed by atoms with Gasteiger partial charge in [-0.25, -0.2) is 4.79 Å². The highest BCUT2D eigenvalue weighted by atomic mass is 16.5. The molecule has 1 fully saturated rings. The molecular weight excluding hydrogens is 380 g/mol. The van der Waals surface area contributed by atoms with Crippen molar-refractivity contribution < 1.29 is 19.1 Å². The average molecular weight is 406 g/mol.